The molecule has 0 bridgehead atoms. The van der Waals surface area contributed by atoms with E-state index in [-0.39, 0.29) is 31.0 Å². The fourth-order valence-corrected chi connectivity index (χ4v) is 1.68. The van der Waals surface area contributed by atoms with Crippen LogP contribution in [0.3, 0.4) is 0 Å². The number of halogens is 1. The number of hydrogen-bond donors (Lipinski definition) is 2. The van der Waals surface area contributed by atoms with Gasteiger partial charge in [-0.15, -0.1) is 0 Å². The molecule has 1 saturated heterocycles. The first-order valence-electron chi connectivity index (χ1n) is 5.07. The van der Waals surface area contributed by atoms with Crippen molar-refractivity contribution >= 4 is 17.6 Å². The summed E-state index contributed by atoms with van der Waals surface area (Å²) in [6.07, 6.45) is 2.58. The second-order valence-electron chi connectivity index (χ2n) is 3.58. The number of imide groups is 1. The summed E-state index contributed by atoms with van der Waals surface area (Å²) in [4.78, 5) is 27.5. The van der Waals surface area contributed by atoms with Crippen molar-refractivity contribution in [3.8, 4) is 0 Å². The molecule has 0 aliphatic carbocycles. The molecule has 0 unspecified atom stereocenters. The van der Waals surface area contributed by atoms with E-state index in [2.05, 4.69) is 10.3 Å². The molecule has 1 aliphatic heterocycles. The third-order valence-electron chi connectivity index (χ3n) is 2.53. The van der Waals surface area contributed by atoms with Gasteiger partial charge in [0, 0.05) is 25.1 Å². The van der Waals surface area contributed by atoms with Crippen LogP contribution in [0.15, 0.2) is 12.4 Å². The number of rotatable bonds is 2. The van der Waals surface area contributed by atoms with Crippen molar-refractivity contribution in [2.24, 2.45) is 5.73 Å². The zero-order valence-corrected chi connectivity index (χ0v) is 8.94. The van der Waals surface area contributed by atoms with E-state index in [1.54, 1.807) is 0 Å². The van der Waals surface area contributed by atoms with Crippen molar-refractivity contribution in [2.45, 2.75) is 13.0 Å². The summed E-state index contributed by atoms with van der Waals surface area (Å²) in [5.41, 5.74) is 5.95. The summed E-state index contributed by atoms with van der Waals surface area (Å²) in [7, 11) is 0. The third-order valence-corrected chi connectivity index (χ3v) is 2.53. The van der Waals surface area contributed by atoms with Gasteiger partial charge in [-0.1, -0.05) is 0 Å². The van der Waals surface area contributed by atoms with E-state index in [1.165, 1.54) is 11.1 Å². The quantitative estimate of drug-likeness (QED) is 0.766. The van der Waals surface area contributed by atoms with Crippen LogP contribution >= 0.6 is 0 Å². The predicted octanol–water partition coefficient (Wildman–Crippen LogP) is 0.126. The molecule has 0 spiro atoms. The van der Waals surface area contributed by atoms with E-state index >= 15 is 0 Å². The molecule has 1 aromatic heterocycles. The van der Waals surface area contributed by atoms with Gasteiger partial charge in [-0.2, -0.15) is 0 Å². The highest BCUT2D eigenvalue weighted by Gasteiger charge is 2.26. The van der Waals surface area contributed by atoms with Crippen molar-refractivity contribution in [3.05, 3.63) is 23.8 Å². The van der Waals surface area contributed by atoms with Crippen LogP contribution in [0.1, 0.15) is 12.0 Å². The summed E-state index contributed by atoms with van der Waals surface area (Å²) < 4.78 is 13.4. The lowest BCUT2D eigenvalue weighted by atomic mass is 10.2. The average Bonchev–Trinajstić information content (AvgIpc) is 2.29. The Morgan fingerprint density at radius 2 is 2.24 bits per heavy atom. The second-order valence-corrected chi connectivity index (χ2v) is 3.58. The van der Waals surface area contributed by atoms with Crippen LogP contribution in [0.5, 0.6) is 0 Å². The lowest BCUT2D eigenvalue weighted by Crippen LogP contribution is -2.50. The van der Waals surface area contributed by atoms with Gasteiger partial charge in [0.2, 0.25) is 5.91 Å². The van der Waals surface area contributed by atoms with Crippen molar-refractivity contribution in [1.82, 2.24) is 10.3 Å². The normalized spacial score (nSPS) is 16.0. The fraction of sp³-hybridized carbons (Fsp3) is 0.300. The summed E-state index contributed by atoms with van der Waals surface area (Å²) in [5, 5.41) is 2.16. The number of aromatic nitrogens is 1. The standard InChI is InChI=1S/C10H11FN4O2/c11-7-4-13-5-8(6(7)3-12)15-2-1-9(16)14-10(15)17/h4-5H,1-3,12H2,(H,14,16,17). The predicted molar refractivity (Wildman–Crippen MR) is 57.6 cm³/mol. The molecule has 7 heteroatoms. The molecule has 2 heterocycles. The zero-order chi connectivity index (χ0) is 12.4. The van der Waals surface area contributed by atoms with Crippen molar-refractivity contribution in [3.63, 3.8) is 0 Å². The Labute approximate surface area is 96.6 Å². The maximum atomic E-state index is 13.4. The van der Waals surface area contributed by atoms with Crippen LogP contribution in [0.25, 0.3) is 0 Å². The van der Waals surface area contributed by atoms with Crippen LogP contribution in [-0.4, -0.2) is 23.5 Å². The smallest absolute Gasteiger partial charge is 0.326 e. The molecule has 90 valence electrons. The number of hydrogen-bond acceptors (Lipinski definition) is 4. The molecule has 0 saturated carbocycles. The van der Waals surface area contributed by atoms with E-state index in [1.807, 2.05) is 0 Å². The van der Waals surface area contributed by atoms with E-state index in [4.69, 9.17) is 5.73 Å². The number of nitrogens with one attached hydrogen (secondary N) is 1. The summed E-state index contributed by atoms with van der Waals surface area (Å²) in [6.45, 7) is 0.157. The number of nitrogens with zero attached hydrogens (tertiary/aromatic N) is 2. The van der Waals surface area contributed by atoms with E-state index in [0.717, 1.165) is 6.20 Å². The molecule has 3 amide bonds. The minimum atomic E-state index is -0.580. The maximum Gasteiger partial charge on any atom is 0.328 e. The Morgan fingerprint density at radius 3 is 2.88 bits per heavy atom. The molecule has 1 fully saturated rings. The van der Waals surface area contributed by atoms with Gasteiger partial charge >= 0.3 is 6.03 Å². The number of amides is 3. The maximum absolute atomic E-state index is 13.4. The molecule has 6 nitrogen and oxygen atoms in total. The van der Waals surface area contributed by atoms with Gasteiger partial charge < -0.3 is 5.73 Å². The number of anilines is 1. The second kappa shape index (κ2) is 4.46. The van der Waals surface area contributed by atoms with Crippen LogP contribution < -0.4 is 16.0 Å². The molecule has 0 atom stereocenters. The molecule has 0 radical (unpaired) electrons. The largest absolute Gasteiger partial charge is 0.328 e. The summed E-state index contributed by atoms with van der Waals surface area (Å²) in [6, 6.07) is -0.580. The van der Waals surface area contributed by atoms with E-state index in [0.29, 0.717) is 5.69 Å². The Hall–Kier alpha value is -2.02. The van der Waals surface area contributed by atoms with Crippen LogP contribution in [-0.2, 0) is 11.3 Å². The Kier molecular flexibility index (Phi) is 3.01. The topological polar surface area (TPSA) is 88.3 Å². The Bertz CT molecular complexity index is 477. The SMILES string of the molecule is NCc1c(F)cncc1N1CCC(=O)NC1=O. The molecular weight excluding hydrogens is 227 g/mol. The van der Waals surface area contributed by atoms with E-state index in [9.17, 15) is 14.0 Å². The van der Waals surface area contributed by atoms with Gasteiger partial charge in [-0.05, 0) is 0 Å². The highest BCUT2D eigenvalue weighted by atomic mass is 19.1. The molecule has 2 rings (SSSR count). The summed E-state index contributed by atoms with van der Waals surface area (Å²) in [5.74, 6) is -0.903. The monoisotopic (exact) mass is 238 g/mol. The summed E-state index contributed by atoms with van der Waals surface area (Å²) >= 11 is 0. The molecule has 0 aromatic carbocycles. The lowest BCUT2D eigenvalue weighted by Gasteiger charge is -2.27. The van der Waals surface area contributed by atoms with Crippen molar-refractivity contribution in [1.29, 1.82) is 0 Å². The highest BCUT2D eigenvalue weighted by Crippen LogP contribution is 2.23. The van der Waals surface area contributed by atoms with Gasteiger partial charge in [0.25, 0.3) is 0 Å². The minimum Gasteiger partial charge on any atom is -0.326 e. The first kappa shape index (κ1) is 11.5. The fourth-order valence-electron chi connectivity index (χ4n) is 1.68. The highest BCUT2D eigenvalue weighted by molar-refractivity contribution is 6.05. The molecule has 3 N–H and O–H groups in total. The molecule has 1 aliphatic rings. The van der Waals surface area contributed by atoms with Gasteiger partial charge in [-0.25, -0.2) is 9.18 Å². The molecule has 1 aromatic rings. The van der Waals surface area contributed by atoms with Crippen molar-refractivity contribution in [2.75, 3.05) is 11.4 Å². The van der Waals surface area contributed by atoms with Gasteiger partial charge in [-0.3, -0.25) is 20.0 Å². The van der Waals surface area contributed by atoms with Crippen LogP contribution in [0, 0.1) is 5.82 Å². The zero-order valence-electron chi connectivity index (χ0n) is 8.94. The van der Waals surface area contributed by atoms with Crippen LogP contribution in [0.2, 0.25) is 0 Å². The Balaban J connectivity index is 2.37. The average molecular weight is 238 g/mol. The van der Waals surface area contributed by atoms with E-state index < -0.39 is 11.8 Å². The lowest BCUT2D eigenvalue weighted by molar-refractivity contribution is -0.120. The van der Waals surface area contributed by atoms with Gasteiger partial charge in [0.15, 0.2) is 0 Å². The first-order chi connectivity index (χ1) is 8.13. The number of carbonyl (C=O) groups is 2. The van der Waals surface area contributed by atoms with Crippen LogP contribution in [0.4, 0.5) is 14.9 Å². The van der Waals surface area contributed by atoms with Gasteiger partial charge in [0.05, 0.1) is 18.1 Å². The Morgan fingerprint density at radius 1 is 1.47 bits per heavy atom. The van der Waals surface area contributed by atoms with Crippen molar-refractivity contribution < 1.29 is 14.0 Å². The first-order valence-corrected chi connectivity index (χ1v) is 5.07. The number of pyridine rings is 1. The number of urea groups is 1. The van der Waals surface area contributed by atoms with Gasteiger partial charge in [0.1, 0.15) is 5.82 Å². The number of nitrogens with two attached hydrogens (primary N) is 1. The third kappa shape index (κ3) is 2.09. The number of carbonyl (C=O) groups excluding carboxylic acids is 2. The minimum absolute atomic E-state index is 0.0403. The molecule has 17 heavy (non-hydrogen) atoms. The molecular formula is C10H11FN4O2.